The molecule has 0 aliphatic rings. The molecule has 0 aliphatic heterocycles. The van der Waals surface area contributed by atoms with Crippen molar-refractivity contribution in [1.29, 1.82) is 0 Å². The summed E-state index contributed by atoms with van der Waals surface area (Å²) >= 11 is 0. The minimum Gasteiger partial charge on any atom is -0.480 e. The average Bonchev–Trinajstić information content (AvgIpc) is 2.43. The summed E-state index contributed by atoms with van der Waals surface area (Å²) in [5.74, 6) is -1.07. The molecule has 7 nitrogen and oxygen atoms in total. The lowest BCUT2D eigenvalue weighted by atomic mass is 10.2. The molecule has 2 N–H and O–H groups in total. The molecule has 0 saturated heterocycles. The van der Waals surface area contributed by atoms with E-state index in [0.29, 0.717) is 32.8 Å². The number of ether oxygens (including phenoxy) is 3. The predicted molar refractivity (Wildman–Crippen MR) is 72.6 cm³/mol. The van der Waals surface area contributed by atoms with Crippen LogP contribution < -0.4 is 5.32 Å². The van der Waals surface area contributed by atoms with Gasteiger partial charge in [0.05, 0.1) is 26.4 Å². The van der Waals surface area contributed by atoms with Crippen LogP contribution in [0.3, 0.4) is 0 Å². The first kappa shape index (κ1) is 18.8. The molecule has 0 bridgehead atoms. The zero-order chi connectivity index (χ0) is 15.1. The Morgan fingerprint density at radius 1 is 1.10 bits per heavy atom. The van der Waals surface area contributed by atoms with Crippen LogP contribution >= 0.6 is 0 Å². The number of nitrogens with one attached hydrogen (secondary N) is 1. The summed E-state index contributed by atoms with van der Waals surface area (Å²) < 4.78 is 15.8. The number of hydrogen-bond acceptors (Lipinski definition) is 5. The molecule has 118 valence electrons. The maximum absolute atomic E-state index is 10.7. The Bertz CT molecular complexity index is 249. The molecule has 1 amide bonds. The van der Waals surface area contributed by atoms with Crippen molar-refractivity contribution in [3.05, 3.63) is 0 Å². The van der Waals surface area contributed by atoms with Crippen LogP contribution in [0.4, 0.5) is 0 Å². The van der Waals surface area contributed by atoms with Crippen LogP contribution in [0.5, 0.6) is 0 Å². The Labute approximate surface area is 119 Å². The fourth-order valence-electron chi connectivity index (χ4n) is 1.35. The smallest absolute Gasteiger partial charge is 0.326 e. The summed E-state index contributed by atoms with van der Waals surface area (Å²) in [7, 11) is 0. The highest BCUT2D eigenvalue weighted by atomic mass is 16.5. The van der Waals surface area contributed by atoms with E-state index in [2.05, 4.69) is 12.2 Å². The Morgan fingerprint density at radius 2 is 1.65 bits per heavy atom. The van der Waals surface area contributed by atoms with Crippen LogP contribution in [0.2, 0.25) is 0 Å². The van der Waals surface area contributed by atoms with Gasteiger partial charge < -0.3 is 24.6 Å². The zero-order valence-corrected chi connectivity index (χ0v) is 12.0. The molecule has 20 heavy (non-hydrogen) atoms. The van der Waals surface area contributed by atoms with Crippen LogP contribution in [-0.4, -0.2) is 63.2 Å². The Hall–Kier alpha value is -1.18. The monoisotopic (exact) mass is 291 g/mol. The van der Waals surface area contributed by atoms with Gasteiger partial charge in [-0.25, -0.2) is 4.79 Å². The summed E-state index contributed by atoms with van der Waals surface area (Å²) in [6, 6.07) is -0.902. The molecule has 0 rings (SSSR count). The number of carbonyl (C=O) groups is 2. The summed E-state index contributed by atoms with van der Waals surface area (Å²) in [6.07, 6.45) is 2.78. The Morgan fingerprint density at radius 3 is 2.15 bits per heavy atom. The zero-order valence-electron chi connectivity index (χ0n) is 12.0. The number of unbranched alkanes of at least 4 members (excludes halogenated alkanes) is 1. The van der Waals surface area contributed by atoms with Gasteiger partial charge in [0.25, 0.3) is 0 Å². The van der Waals surface area contributed by atoms with Crippen LogP contribution in [0.1, 0.15) is 26.2 Å². The number of carboxylic acid groups (broad SMARTS) is 1. The molecule has 1 atom stereocenters. The number of amides is 1. The van der Waals surface area contributed by atoms with E-state index in [0.717, 1.165) is 19.4 Å². The summed E-state index contributed by atoms with van der Waals surface area (Å²) in [4.78, 5) is 20.9. The molecule has 1 unspecified atom stereocenters. The second-order valence-electron chi connectivity index (χ2n) is 4.15. The maximum Gasteiger partial charge on any atom is 0.326 e. The molecule has 0 radical (unpaired) electrons. The van der Waals surface area contributed by atoms with Gasteiger partial charge >= 0.3 is 5.97 Å². The lowest BCUT2D eigenvalue weighted by molar-refractivity contribution is -0.141. The normalized spacial score (nSPS) is 12.1. The van der Waals surface area contributed by atoms with E-state index in [4.69, 9.17) is 19.3 Å². The third-order valence-electron chi connectivity index (χ3n) is 2.50. The van der Waals surface area contributed by atoms with E-state index < -0.39 is 12.0 Å². The quantitative estimate of drug-likeness (QED) is 0.335. The topological polar surface area (TPSA) is 94.1 Å². The highest BCUT2D eigenvalue weighted by Crippen LogP contribution is 1.93. The number of carboxylic acids is 1. The number of carbonyl (C=O) groups excluding carboxylic acids is 1. The molecule has 0 saturated carbocycles. The molecule has 7 heteroatoms. The van der Waals surface area contributed by atoms with Crippen molar-refractivity contribution in [2.75, 3.05) is 39.6 Å². The van der Waals surface area contributed by atoms with Gasteiger partial charge in [-0.05, 0) is 6.42 Å². The molecule has 0 aromatic rings. The van der Waals surface area contributed by atoms with Gasteiger partial charge in [-0.2, -0.15) is 0 Å². The van der Waals surface area contributed by atoms with Crippen molar-refractivity contribution in [3.63, 3.8) is 0 Å². The number of hydrogen-bond donors (Lipinski definition) is 2. The van der Waals surface area contributed by atoms with Gasteiger partial charge in [-0.15, -0.1) is 0 Å². The fourth-order valence-corrected chi connectivity index (χ4v) is 1.35. The number of rotatable bonds is 15. The van der Waals surface area contributed by atoms with Gasteiger partial charge in [0.15, 0.2) is 0 Å². The summed E-state index contributed by atoms with van der Waals surface area (Å²) in [5, 5.41) is 11.0. The van der Waals surface area contributed by atoms with E-state index in [9.17, 15) is 9.59 Å². The van der Waals surface area contributed by atoms with Crippen molar-refractivity contribution >= 4 is 12.4 Å². The maximum atomic E-state index is 10.7. The second kappa shape index (κ2) is 14.2. The molecule has 0 aliphatic carbocycles. The lowest BCUT2D eigenvalue weighted by Crippen LogP contribution is -2.36. The van der Waals surface area contributed by atoms with Crippen molar-refractivity contribution in [2.24, 2.45) is 0 Å². The Kier molecular flexibility index (Phi) is 13.4. The SMILES string of the molecule is CCCCOCCOCCOCCC(NC=O)C(=O)O. The first-order valence-corrected chi connectivity index (χ1v) is 6.88. The standard InChI is InChI=1S/C13H25NO6/c1-2-3-5-18-7-9-20-10-8-19-6-4-12(13(16)17)14-11-15/h11-12H,2-10H2,1H3,(H,14,15)(H,16,17). The largest absolute Gasteiger partial charge is 0.480 e. The van der Waals surface area contributed by atoms with E-state index in [1.165, 1.54) is 0 Å². The third-order valence-corrected chi connectivity index (χ3v) is 2.50. The van der Waals surface area contributed by atoms with Crippen molar-refractivity contribution in [2.45, 2.75) is 32.2 Å². The average molecular weight is 291 g/mol. The van der Waals surface area contributed by atoms with Crippen LogP contribution in [0, 0.1) is 0 Å². The van der Waals surface area contributed by atoms with Gasteiger partial charge in [0, 0.05) is 19.6 Å². The first-order chi connectivity index (χ1) is 9.72. The molecule has 0 aromatic heterocycles. The number of aliphatic carboxylic acids is 1. The minimum absolute atomic E-state index is 0.230. The third kappa shape index (κ3) is 11.9. The fraction of sp³-hybridized carbons (Fsp3) is 0.846. The van der Waals surface area contributed by atoms with Gasteiger partial charge in [-0.3, -0.25) is 4.79 Å². The highest BCUT2D eigenvalue weighted by molar-refractivity contribution is 5.76. The van der Waals surface area contributed by atoms with Crippen molar-refractivity contribution in [3.8, 4) is 0 Å². The highest BCUT2D eigenvalue weighted by Gasteiger charge is 2.15. The van der Waals surface area contributed by atoms with Crippen molar-refractivity contribution < 1.29 is 28.9 Å². The molecule has 0 fully saturated rings. The van der Waals surface area contributed by atoms with Crippen LogP contribution in [-0.2, 0) is 23.8 Å². The molecule has 0 spiro atoms. The predicted octanol–water partition coefficient (Wildman–Crippen LogP) is 0.426. The van der Waals surface area contributed by atoms with Gasteiger partial charge in [-0.1, -0.05) is 13.3 Å². The molecule has 0 heterocycles. The first-order valence-electron chi connectivity index (χ1n) is 6.88. The molecular formula is C13H25NO6. The molecular weight excluding hydrogens is 266 g/mol. The van der Waals surface area contributed by atoms with E-state index in [-0.39, 0.29) is 13.0 Å². The second-order valence-corrected chi connectivity index (χ2v) is 4.15. The molecule has 0 aromatic carbocycles. The van der Waals surface area contributed by atoms with Gasteiger partial charge in [0.2, 0.25) is 6.41 Å². The van der Waals surface area contributed by atoms with Crippen LogP contribution in [0.25, 0.3) is 0 Å². The minimum atomic E-state index is -1.07. The van der Waals surface area contributed by atoms with E-state index in [1.54, 1.807) is 0 Å². The van der Waals surface area contributed by atoms with E-state index >= 15 is 0 Å². The summed E-state index contributed by atoms with van der Waals surface area (Å²) in [5.41, 5.74) is 0. The van der Waals surface area contributed by atoms with Crippen LogP contribution in [0.15, 0.2) is 0 Å². The lowest BCUT2D eigenvalue weighted by Gasteiger charge is -2.11. The van der Waals surface area contributed by atoms with Gasteiger partial charge in [0.1, 0.15) is 6.04 Å². The Balaban J connectivity index is 3.27. The summed E-state index contributed by atoms with van der Waals surface area (Å²) in [6.45, 7) is 5.06. The van der Waals surface area contributed by atoms with E-state index in [1.807, 2.05) is 0 Å². The van der Waals surface area contributed by atoms with Crippen molar-refractivity contribution in [1.82, 2.24) is 5.32 Å².